The van der Waals surface area contributed by atoms with Crippen LogP contribution >= 0.6 is 11.6 Å². The molecule has 3 rings (SSSR count). The molecule has 0 unspecified atom stereocenters. The van der Waals surface area contributed by atoms with Crippen LogP contribution in [-0.2, 0) is 20.8 Å². The van der Waals surface area contributed by atoms with E-state index in [-0.39, 0.29) is 23.8 Å². The number of carbonyl (C=O) groups is 3. The van der Waals surface area contributed by atoms with Gasteiger partial charge in [-0.05, 0) is 67.3 Å². The lowest BCUT2D eigenvalue weighted by atomic mass is 9.81. The molecule has 8 heteroatoms. The van der Waals surface area contributed by atoms with Gasteiger partial charge < -0.3 is 20.9 Å². The Morgan fingerprint density at radius 2 is 1.70 bits per heavy atom. The van der Waals surface area contributed by atoms with Crippen molar-refractivity contribution in [1.29, 1.82) is 0 Å². The minimum absolute atomic E-state index is 0.173. The number of nitrogens with one attached hydrogen (secondary N) is 3. The summed E-state index contributed by atoms with van der Waals surface area (Å²) in [5.74, 6) is -0.293. The normalized spacial score (nSPS) is 19.1. The summed E-state index contributed by atoms with van der Waals surface area (Å²) in [5, 5.41) is 9.82. The SMILES string of the molecule is CC(C)[C@@H]1CCCN[C@H]1C(=O)N[C@@H](CCc1ccccc1)C(=O)N[C@H](C(=O)N(C)C)c1ccc(Cl)cc1. The molecule has 2 aromatic rings. The van der Waals surface area contributed by atoms with Crippen LogP contribution in [-0.4, -0.2) is 55.3 Å². The second kappa shape index (κ2) is 13.6. The van der Waals surface area contributed by atoms with Gasteiger partial charge in [-0.1, -0.05) is 67.9 Å². The molecule has 1 fully saturated rings. The fourth-order valence-electron chi connectivity index (χ4n) is 4.85. The molecule has 7 nitrogen and oxygen atoms in total. The number of rotatable bonds is 10. The van der Waals surface area contributed by atoms with E-state index >= 15 is 0 Å². The van der Waals surface area contributed by atoms with Crippen LogP contribution in [0.25, 0.3) is 0 Å². The molecule has 3 amide bonds. The Balaban J connectivity index is 1.82. The highest BCUT2D eigenvalue weighted by Gasteiger charge is 2.35. The summed E-state index contributed by atoms with van der Waals surface area (Å²) >= 11 is 6.04. The third kappa shape index (κ3) is 8.04. The number of nitrogens with zero attached hydrogens (tertiary/aromatic N) is 1. The van der Waals surface area contributed by atoms with E-state index in [9.17, 15) is 14.4 Å². The lowest BCUT2D eigenvalue weighted by molar-refractivity contribution is -0.136. The smallest absolute Gasteiger partial charge is 0.249 e. The number of hydrogen-bond donors (Lipinski definition) is 3. The molecule has 1 heterocycles. The van der Waals surface area contributed by atoms with Gasteiger partial charge in [-0.15, -0.1) is 0 Å². The number of halogens is 1. The van der Waals surface area contributed by atoms with E-state index in [1.165, 1.54) is 4.90 Å². The minimum atomic E-state index is -0.896. The molecule has 1 aliphatic rings. The molecule has 0 bridgehead atoms. The molecule has 1 saturated heterocycles. The number of carbonyl (C=O) groups excluding carboxylic acids is 3. The molecule has 0 saturated carbocycles. The lowest BCUT2D eigenvalue weighted by Crippen LogP contribution is -2.58. The first-order chi connectivity index (χ1) is 17.7. The molecule has 1 aliphatic heterocycles. The van der Waals surface area contributed by atoms with E-state index in [1.807, 2.05) is 30.3 Å². The van der Waals surface area contributed by atoms with Gasteiger partial charge in [-0.2, -0.15) is 0 Å². The number of likely N-dealkylation sites (N-methyl/N-ethyl adjacent to an activating group) is 1. The van der Waals surface area contributed by atoms with Crippen molar-refractivity contribution in [2.24, 2.45) is 11.8 Å². The van der Waals surface area contributed by atoms with E-state index in [0.717, 1.165) is 24.9 Å². The van der Waals surface area contributed by atoms with Gasteiger partial charge in [0.05, 0.1) is 6.04 Å². The van der Waals surface area contributed by atoms with Gasteiger partial charge >= 0.3 is 0 Å². The second-order valence-electron chi connectivity index (χ2n) is 10.3. The summed E-state index contributed by atoms with van der Waals surface area (Å²) < 4.78 is 0. The largest absolute Gasteiger partial charge is 0.347 e. The molecular formula is C29H39ClN4O3. The highest BCUT2D eigenvalue weighted by atomic mass is 35.5. The van der Waals surface area contributed by atoms with Crippen molar-refractivity contribution in [3.8, 4) is 0 Å². The van der Waals surface area contributed by atoms with Crippen molar-refractivity contribution in [1.82, 2.24) is 20.9 Å². The van der Waals surface area contributed by atoms with E-state index in [4.69, 9.17) is 11.6 Å². The number of piperidine rings is 1. The Kier molecular flexibility index (Phi) is 10.5. The Hall–Kier alpha value is -2.90. The van der Waals surface area contributed by atoms with Gasteiger partial charge in [0.25, 0.3) is 0 Å². The summed E-state index contributed by atoms with van der Waals surface area (Å²) in [5.41, 5.74) is 1.70. The monoisotopic (exact) mass is 526 g/mol. The van der Waals surface area contributed by atoms with Crippen LogP contribution in [0.4, 0.5) is 0 Å². The maximum Gasteiger partial charge on any atom is 0.249 e. The van der Waals surface area contributed by atoms with Crippen LogP contribution in [0.5, 0.6) is 0 Å². The number of aryl methyl sites for hydroxylation is 1. The van der Waals surface area contributed by atoms with Crippen molar-refractivity contribution in [3.63, 3.8) is 0 Å². The van der Waals surface area contributed by atoms with E-state index in [2.05, 4.69) is 29.8 Å². The second-order valence-corrected chi connectivity index (χ2v) is 10.7. The average Bonchev–Trinajstić information content (AvgIpc) is 2.90. The fraction of sp³-hybridized carbons (Fsp3) is 0.483. The zero-order valence-corrected chi connectivity index (χ0v) is 22.9. The van der Waals surface area contributed by atoms with Crippen LogP contribution in [0.2, 0.25) is 5.02 Å². The van der Waals surface area contributed by atoms with Crippen LogP contribution < -0.4 is 16.0 Å². The molecule has 4 atom stereocenters. The van der Waals surface area contributed by atoms with Gasteiger partial charge in [0.1, 0.15) is 12.1 Å². The van der Waals surface area contributed by atoms with Gasteiger partial charge in [-0.3, -0.25) is 14.4 Å². The fourth-order valence-corrected chi connectivity index (χ4v) is 4.97. The molecule has 0 aliphatic carbocycles. The van der Waals surface area contributed by atoms with Crippen molar-refractivity contribution >= 4 is 29.3 Å². The highest BCUT2D eigenvalue weighted by molar-refractivity contribution is 6.30. The predicted molar refractivity (Wildman–Crippen MR) is 147 cm³/mol. The van der Waals surface area contributed by atoms with Crippen molar-refractivity contribution in [2.45, 2.75) is 57.7 Å². The number of amides is 3. The zero-order valence-electron chi connectivity index (χ0n) is 22.2. The maximum absolute atomic E-state index is 13.6. The summed E-state index contributed by atoms with van der Waals surface area (Å²) in [7, 11) is 3.29. The van der Waals surface area contributed by atoms with E-state index in [0.29, 0.717) is 29.3 Å². The number of hydrogen-bond acceptors (Lipinski definition) is 4. The molecule has 37 heavy (non-hydrogen) atoms. The topological polar surface area (TPSA) is 90.5 Å². The van der Waals surface area contributed by atoms with E-state index < -0.39 is 18.0 Å². The van der Waals surface area contributed by atoms with Crippen molar-refractivity contribution in [3.05, 3.63) is 70.7 Å². The zero-order chi connectivity index (χ0) is 26.9. The van der Waals surface area contributed by atoms with Gasteiger partial charge in [0, 0.05) is 19.1 Å². The lowest BCUT2D eigenvalue weighted by Gasteiger charge is -2.35. The van der Waals surface area contributed by atoms with Crippen LogP contribution in [0, 0.1) is 11.8 Å². The summed E-state index contributed by atoms with van der Waals surface area (Å²) in [6, 6.07) is 14.6. The van der Waals surface area contributed by atoms with Crippen LogP contribution in [0.3, 0.4) is 0 Å². The Bertz CT molecular complexity index is 1040. The predicted octanol–water partition coefficient (Wildman–Crippen LogP) is 3.73. The standard InChI is InChI=1S/C29H39ClN4O3/c1-19(2)23-11-8-18-31-26(23)28(36)32-24(17-12-20-9-6-5-7-10-20)27(35)33-25(29(37)34(3)4)21-13-15-22(30)16-14-21/h5-7,9-10,13-16,19,23-26,31H,8,11-12,17-18H2,1-4H3,(H,32,36)(H,33,35)/t23-,24-,25-,26+/m0/s1. The Labute approximate surface area is 225 Å². The minimum Gasteiger partial charge on any atom is -0.347 e. The number of benzene rings is 2. The van der Waals surface area contributed by atoms with Crippen molar-refractivity contribution < 1.29 is 14.4 Å². The van der Waals surface area contributed by atoms with Gasteiger partial charge in [-0.25, -0.2) is 0 Å². The first-order valence-electron chi connectivity index (χ1n) is 13.0. The molecular weight excluding hydrogens is 488 g/mol. The Morgan fingerprint density at radius 3 is 2.32 bits per heavy atom. The molecule has 3 N–H and O–H groups in total. The third-order valence-electron chi connectivity index (χ3n) is 7.02. The van der Waals surface area contributed by atoms with Gasteiger partial charge in [0.2, 0.25) is 17.7 Å². The van der Waals surface area contributed by atoms with Gasteiger partial charge in [0.15, 0.2) is 0 Å². The molecule has 0 aromatic heterocycles. The summed E-state index contributed by atoms with van der Waals surface area (Å²) in [6.07, 6.45) is 3.02. The first kappa shape index (κ1) is 28.7. The molecule has 0 radical (unpaired) electrons. The van der Waals surface area contributed by atoms with E-state index in [1.54, 1.807) is 38.4 Å². The summed E-state index contributed by atoms with van der Waals surface area (Å²) in [4.78, 5) is 41.5. The average molecular weight is 527 g/mol. The molecule has 200 valence electrons. The van der Waals surface area contributed by atoms with Crippen molar-refractivity contribution in [2.75, 3.05) is 20.6 Å². The summed E-state index contributed by atoms with van der Waals surface area (Å²) in [6.45, 7) is 5.03. The molecule has 2 aromatic carbocycles. The first-order valence-corrected chi connectivity index (χ1v) is 13.4. The highest BCUT2D eigenvalue weighted by Crippen LogP contribution is 2.25. The Morgan fingerprint density at radius 1 is 1.03 bits per heavy atom. The quantitative estimate of drug-likeness (QED) is 0.440. The third-order valence-corrected chi connectivity index (χ3v) is 7.27. The molecule has 0 spiro atoms. The van der Waals surface area contributed by atoms with Crippen LogP contribution in [0.15, 0.2) is 54.6 Å². The maximum atomic E-state index is 13.6. The van der Waals surface area contributed by atoms with Crippen LogP contribution in [0.1, 0.15) is 50.3 Å².